The molecule has 0 saturated carbocycles. The zero-order chi connectivity index (χ0) is 30.6. The van der Waals surface area contributed by atoms with Gasteiger partial charge in [-0.25, -0.2) is 0 Å². The first-order valence-electron chi connectivity index (χ1n) is 14.2. The molecule has 2 heterocycles. The highest BCUT2D eigenvalue weighted by Gasteiger charge is 2.39. The number of piperidine rings is 1. The number of carbonyl (C=O) groups excluding carboxylic acids is 5. The molecule has 5 N–H and O–H groups in total. The number of Topliss-reactive ketones (excluding diaryl/α,β-unsaturated/α-hetero) is 1. The molecule has 43 heavy (non-hydrogen) atoms. The lowest BCUT2D eigenvalue weighted by Gasteiger charge is -2.29. The van der Waals surface area contributed by atoms with E-state index >= 15 is 0 Å². The number of fused-ring (bicyclic) bond motifs is 1. The summed E-state index contributed by atoms with van der Waals surface area (Å²) in [5.74, 6) is -1.40. The van der Waals surface area contributed by atoms with Crippen molar-refractivity contribution < 1.29 is 38.2 Å². The van der Waals surface area contributed by atoms with Gasteiger partial charge in [-0.3, -0.25) is 29.3 Å². The van der Waals surface area contributed by atoms with E-state index in [0.29, 0.717) is 67.6 Å². The molecule has 2 aromatic rings. The molecular formula is C30H37N5O8. The Balaban J connectivity index is 1.02. The molecule has 1 fully saturated rings. The quantitative estimate of drug-likeness (QED) is 0.0888. The van der Waals surface area contributed by atoms with Crippen molar-refractivity contribution in [1.82, 2.24) is 15.5 Å². The Labute approximate surface area is 249 Å². The molecule has 4 amide bonds. The molecule has 13 nitrogen and oxygen atoms in total. The predicted octanol–water partition coefficient (Wildman–Crippen LogP) is 0.881. The summed E-state index contributed by atoms with van der Waals surface area (Å²) in [7, 11) is 0. The van der Waals surface area contributed by atoms with E-state index in [1.165, 1.54) is 4.90 Å². The number of imide groups is 1. The molecule has 230 valence electrons. The second-order valence-corrected chi connectivity index (χ2v) is 10.1. The Morgan fingerprint density at radius 1 is 0.930 bits per heavy atom. The lowest BCUT2D eigenvalue weighted by Crippen LogP contribution is -2.52. The number of hydrogen-bond acceptors (Lipinski definition) is 10. The van der Waals surface area contributed by atoms with Gasteiger partial charge in [0.05, 0.1) is 52.6 Å². The van der Waals surface area contributed by atoms with Crippen LogP contribution in [0, 0.1) is 0 Å². The maximum atomic E-state index is 12.9. The van der Waals surface area contributed by atoms with Crippen LogP contribution >= 0.6 is 0 Å². The van der Waals surface area contributed by atoms with Crippen LogP contribution < -0.4 is 21.7 Å². The van der Waals surface area contributed by atoms with Crippen molar-refractivity contribution in [3.05, 3.63) is 59.2 Å². The third kappa shape index (κ3) is 9.16. The highest BCUT2D eigenvalue weighted by molar-refractivity contribution is 6.06. The number of nitrogens with zero attached hydrogens (tertiary/aromatic N) is 1. The Morgan fingerprint density at radius 3 is 2.35 bits per heavy atom. The largest absolute Gasteiger partial charge is 0.399 e. The first-order valence-corrected chi connectivity index (χ1v) is 14.2. The molecule has 1 atom stereocenters. The third-order valence-corrected chi connectivity index (χ3v) is 7.02. The Bertz CT molecular complexity index is 1320. The summed E-state index contributed by atoms with van der Waals surface area (Å²) in [6.07, 6.45) is 0.562. The molecule has 1 unspecified atom stereocenters. The molecule has 2 aliphatic rings. The minimum atomic E-state index is -0.719. The van der Waals surface area contributed by atoms with Crippen LogP contribution in [-0.4, -0.2) is 93.1 Å². The minimum Gasteiger partial charge on any atom is -0.399 e. The van der Waals surface area contributed by atoms with Gasteiger partial charge in [-0.15, -0.1) is 0 Å². The fraction of sp³-hybridized carbons (Fsp3) is 0.433. The monoisotopic (exact) mass is 595 g/mol. The number of anilines is 2. The summed E-state index contributed by atoms with van der Waals surface area (Å²) in [5, 5.41) is 8.15. The van der Waals surface area contributed by atoms with Crippen molar-refractivity contribution in [2.45, 2.75) is 31.8 Å². The van der Waals surface area contributed by atoms with Gasteiger partial charge in [-0.2, -0.15) is 0 Å². The Kier molecular flexibility index (Phi) is 11.7. The van der Waals surface area contributed by atoms with E-state index in [1.54, 1.807) is 42.5 Å². The number of benzene rings is 2. The third-order valence-electron chi connectivity index (χ3n) is 7.02. The molecule has 13 heteroatoms. The van der Waals surface area contributed by atoms with Crippen LogP contribution in [0.4, 0.5) is 11.4 Å². The molecule has 0 aromatic heterocycles. The Hall–Kier alpha value is -4.17. The molecule has 1 saturated heterocycles. The summed E-state index contributed by atoms with van der Waals surface area (Å²) >= 11 is 0. The number of nitrogen functional groups attached to an aromatic ring is 1. The van der Waals surface area contributed by atoms with Gasteiger partial charge in [-0.1, -0.05) is 6.07 Å². The first kappa shape index (κ1) is 31.8. The fourth-order valence-corrected chi connectivity index (χ4v) is 4.74. The number of ketones is 1. The van der Waals surface area contributed by atoms with Crippen LogP contribution in [-0.2, 0) is 35.1 Å². The summed E-state index contributed by atoms with van der Waals surface area (Å²) in [6.45, 7) is 3.03. The lowest BCUT2D eigenvalue weighted by atomic mass is 10.0. The van der Waals surface area contributed by atoms with Crippen molar-refractivity contribution in [3.63, 3.8) is 0 Å². The van der Waals surface area contributed by atoms with Gasteiger partial charge in [0, 0.05) is 47.6 Å². The van der Waals surface area contributed by atoms with Crippen LogP contribution in [0.15, 0.2) is 42.5 Å². The van der Waals surface area contributed by atoms with Crippen LogP contribution in [0.2, 0.25) is 0 Å². The van der Waals surface area contributed by atoms with Crippen LogP contribution in [0.25, 0.3) is 0 Å². The molecular weight excluding hydrogens is 558 g/mol. The Morgan fingerprint density at radius 2 is 1.63 bits per heavy atom. The van der Waals surface area contributed by atoms with E-state index in [4.69, 9.17) is 19.9 Å². The topological polar surface area (TPSA) is 178 Å². The molecule has 0 bridgehead atoms. The summed E-state index contributed by atoms with van der Waals surface area (Å²) < 4.78 is 16.4. The molecule has 2 aromatic carbocycles. The highest BCUT2D eigenvalue weighted by Crippen LogP contribution is 2.32. The van der Waals surface area contributed by atoms with E-state index in [0.717, 1.165) is 0 Å². The van der Waals surface area contributed by atoms with Crippen LogP contribution in [0.1, 0.15) is 45.5 Å². The van der Waals surface area contributed by atoms with E-state index in [1.807, 2.05) is 0 Å². The molecule has 4 rings (SSSR count). The molecule has 0 radical (unpaired) electrons. The maximum Gasteiger partial charge on any atom is 0.255 e. The van der Waals surface area contributed by atoms with Gasteiger partial charge in [0.15, 0.2) is 5.78 Å². The lowest BCUT2D eigenvalue weighted by molar-refractivity contribution is -0.137. The van der Waals surface area contributed by atoms with Gasteiger partial charge >= 0.3 is 0 Å². The smallest absolute Gasteiger partial charge is 0.255 e. The second-order valence-electron chi connectivity index (χ2n) is 10.1. The van der Waals surface area contributed by atoms with E-state index in [2.05, 4.69) is 16.0 Å². The van der Waals surface area contributed by atoms with Crippen molar-refractivity contribution in [2.24, 2.45) is 0 Å². The highest BCUT2D eigenvalue weighted by atomic mass is 16.5. The van der Waals surface area contributed by atoms with Gasteiger partial charge in [-0.05, 0) is 42.8 Å². The van der Waals surface area contributed by atoms with Gasteiger partial charge in [0.2, 0.25) is 17.7 Å². The maximum absolute atomic E-state index is 12.9. The number of amides is 4. The first-order chi connectivity index (χ1) is 20.8. The zero-order valence-corrected chi connectivity index (χ0v) is 23.9. The minimum absolute atomic E-state index is 0.0146. The van der Waals surface area contributed by atoms with Crippen LogP contribution in [0.5, 0.6) is 0 Å². The van der Waals surface area contributed by atoms with Crippen molar-refractivity contribution >= 4 is 40.8 Å². The molecule has 2 aliphatic heterocycles. The van der Waals surface area contributed by atoms with Gasteiger partial charge < -0.3 is 35.5 Å². The summed E-state index contributed by atoms with van der Waals surface area (Å²) in [4.78, 5) is 62.7. The average molecular weight is 596 g/mol. The molecule has 0 spiro atoms. The summed E-state index contributed by atoms with van der Waals surface area (Å²) in [5.41, 5.74) is 8.43. The SMILES string of the molecule is Nc1ccc(C(=O)CNCCOCCOCCOCCC(=O)Nc2cccc3c2CN(C2CCC(=O)NC2=O)C3=O)cc1. The zero-order valence-electron chi connectivity index (χ0n) is 23.9. The van der Waals surface area contributed by atoms with Gasteiger partial charge in [0.1, 0.15) is 6.04 Å². The predicted molar refractivity (Wildman–Crippen MR) is 156 cm³/mol. The van der Waals surface area contributed by atoms with Crippen molar-refractivity contribution in [2.75, 3.05) is 63.8 Å². The number of rotatable bonds is 17. The van der Waals surface area contributed by atoms with E-state index in [-0.39, 0.29) is 62.5 Å². The normalized spacial score (nSPS) is 16.2. The van der Waals surface area contributed by atoms with E-state index in [9.17, 15) is 24.0 Å². The van der Waals surface area contributed by atoms with E-state index < -0.39 is 11.9 Å². The second kappa shape index (κ2) is 15.9. The van der Waals surface area contributed by atoms with Crippen molar-refractivity contribution in [3.8, 4) is 0 Å². The number of nitrogens with one attached hydrogen (secondary N) is 3. The number of hydrogen-bond donors (Lipinski definition) is 4. The van der Waals surface area contributed by atoms with Crippen molar-refractivity contribution in [1.29, 1.82) is 0 Å². The number of carbonyl (C=O) groups is 5. The summed E-state index contributed by atoms with van der Waals surface area (Å²) in [6, 6.07) is 11.1. The molecule has 0 aliphatic carbocycles. The van der Waals surface area contributed by atoms with Crippen LogP contribution in [0.3, 0.4) is 0 Å². The standard InChI is InChI=1S/C30H37N5O8/c31-21-6-4-20(5-7-21)26(36)18-32-11-13-42-15-17-43-16-14-41-12-10-28(38)33-24-3-1-2-22-23(24)19-35(30(22)40)25-8-9-27(37)34-29(25)39/h1-7,25,32H,8-19,31H2,(H,33,38)(H,34,37,39). The van der Waals surface area contributed by atoms with Gasteiger partial charge in [0.25, 0.3) is 5.91 Å². The number of nitrogens with two attached hydrogens (primary N) is 1. The fourth-order valence-electron chi connectivity index (χ4n) is 4.74. The average Bonchev–Trinajstić information content (AvgIpc) is 3.32. The number of ether oxygens (including phenoxy) is 3.